The monoisotopic (exact) mass is 426 g/mol. The number of anilines is 2. The molecule has 0 saturated carbocycles. The fourth-order valence-electron chi connectivity index (χ4n) is 2.57. The molecular formula is C18H22N2O6S2. The molecule has 0 aromatic heterocycles. The Balaban J connectivity index is 2.36. The van der Waals surface area contributed by atoms with Gasteiger partial charge in [-0.25, -0.2) is 16.8 Å². The Hall–Kier alpha value is -2.59. The number of benzene rings is 2. The van der Waals surface area contributed by atoms with Crippen LogP contribution in [0.25, 0.3) is 0 Å². The van der Waals surface area contributed by atoms with Crippen molar-refractivity contribution in [3.8, 4) is 0 Å². The van der Waals surface area contributed by atoms with E-state index in [4.69, 9.17) is 4.74 Å². The zero-order chi connectivity index (χ0) is 20.9. The number of nitrogens with one attached hydrogen (secondary N) is 1. The van der Waals surface area contributed by atoms with E-state index < -0.39 is 32.1 Å². The molecule has 0 radical (unpaired) electrons. The van der Waals surface area contributed by atoms with E-state index in [-0.39, 0.29) is 6.54 Å². The number of esters is 1. The number of sulfonamides is 2. The lowest BCUT2D eigenvalue weighted by molar-refractivity contribution is -0.146. The molecule has 2 aromatic carbocycles. The van der Waals surface area contributed by atoms with Crippen LogP contribution in [0.3, 0.4) is 0 Å². The summed E-state index contributed by atoms with van der Waals surface area (Å²) in [7, 11) is -7.15. The molecule has 0 aliphatic rings. The molecule has 2 rings (SSSR count). The van der Waals surface area contributed by atoms with E-state index in [0.717, 1.165) is 16.8 Å². The van der Waals surface area contributed by atoms with E-state index in [0.29, 0.717) is 16.9 Å². The van der Waals surface area contributed by atoms with Gasteiger partial charge in [-0.1, -0.05) is 30.3 Å². The van der Waals surface area contributed by atoms with Gasteiger partial charge in [-0.05, 0) is 29.8 Å². The first-order valence-corrected chi connectivity index (χ1v) is 12.0. The van der Waals surface area contributed by atoms with Crippen LogP contribution in [0, 0.1) is 0 Å². The summed E-state index contributed by atoms with van der Waals surface area (Å²) in [5, 5.41) is 0. The molecule has 0 aliphatic heterocycles. The zero-order valence-corrected chi connectivity index (χ0v) is 17.3. The van der Waals surface area contributed by atoms with Crippen LogP contribution in [0.15, 0.2) is 54.6 Å². The van der Waals surface area contributed by atoms with Crippen molar-refractivity contribution in [3.63, 3.8) is 0 Å². The van der Waals surface area contributed by atoms with Crippen LogP contribution in [0.2, 0.25) is 0 Å². The van der Waals surface area contributed by atoms with Crippen molar-refractivity contribution in [2.75, 3.05) is 28.1 Å². The van der Waals surface area contributed by atoms with Crippen molar-refractivity contribution >= 4 is 37.4 Å². The van der Waals surface area contributed by atoms with Gasteiger partial charge in [-0.3, -0.25) is 13.8 Å². The SMILES string of the molecule is CC(=O)O[C@H](CN(c1ccc(NS(C)(=O)=O)cc1)S(C)(=O)=O)c1ccccc1. The fourth-order valence-corrected chi connectivity index (χ4v) is 4.05. The maximum atomic E-state index is 12.4. The summed E-state index contributed by atoms with van der Waals surface area (Å²) < 4.78 is 56.1. The lowest BCUT2D eigenvalue weighted by Gasteiger charge is -2.27. The highest BCUT2D eigenvalue weighted by Crippen LogP contribution is 2.26. The molecule has 152 valence electrons. The van der Waals surface area contributed by atoms with Crippen molar-refractivity contribution in [2.24, 2.45) is 0 Å². The normalized spacial score (nSPS) is 12.8. The van der Waals surface area contributed by atoms with Crippen LogP contribution in [-0.2, 0) is 29.6 Å². The van der Waals surface area contributed by atoms with Gasteiger partial charge in [0.2, 0.25) is 20.0 Å². The van der Waals surface area contributed by atoms with Gasteiger partial charge in [-0.15, -0.1) is 0 Å². The largest absolute Gasteiger partial charge is 0.456 e. The predicted octanol–water partition coefficient (Wildman–Crippen LogP) is 2.13. The summed E-state index contributed by atoms with van der Waals surface area (Å²) in [6.45, 7) is 1.13. The van der Waals surface area contributed by atoms with Gasteiger partial charge in [0.15, 0.2) is 0 Å². The van der Waals surface area contributed by atoms with Gasteiger partial charge < -0.3 is 4.74 Å². The highest BCUT2D eigenvalue weighted by Gasteiger charge is 2.25. The lowest BCUT2D eigenvalue weighted by Crippen LogP contribution is -2.35. The summed E-state index contributed by atoms with van der Waals surface area (Å²) in [6.07, 6.45) is 1.26. The smallest absolute Gasteiger partial charge is 0.303 e. The second-order valence-corrected chi connectivity index (χ2v) is 9.88. The van der Waals surface area contributed by atoms with Crippen molar-refractivity contribution in [1.29, 1.82) is 0 Å². The van der Waals surface area contributed by atoms with Gasteiger partial charge in [-0.2, -0.15) is 0 Å². The van der Waals surface area contributed by atoms with Crippen LogP contribution >= 0.6 is 0 Å². The number of hydrogen-bond donors (Lipinski definition) is 1. The number of ether oxygens (including phenoxy) is 1. The number of nitrogens with zero attached hydrogens (tertiary/aromatic N) is 1. The minimum atomic E-state index is -3.70. The Kier molecular flexibility index (Phi) is 6.68. The maximum Gasteiger partial charge on any atom is 0.303 e. The van der Waals surface area contributed by atoms with Crippen molar-refractivity contribution in [1.82, 2.24) is 0 Å². The molecule has 0 spiro atoms. The molecule has 1 N–H and O–H groups in total. The van der Waals surface area contributed by atoms with Crippen LogP contribution in [0.4, 0.5) is 11.4 Å². The molecule has 0 heterocycles. The molecule has 28 heavy (non-hydrogen) atoms. The van der Waals surface area contributed by atoms with Crippen LogP contribution < -0.4 is 9.03 Å². The van der Waals surface area contributed by atoms with Crippen molar-refractivity contribution in [3.05, 3.63) is 60.2 Å². The molecule has 0 fully saturated rings. The third-order valence-corrected chi connectivity index (χ3v) is 5.44. The van der Waals surface area contributed by atoms with E-state index in [1.54, 1.807) is 30.3 Å². The Morgan fingerprint density at radius 3 is 2.04 bits per heavy atom. The van der Waals surface area contributed by atoms with Gasteiger partial charge >= 0.3 is 5.97 Å². The molecule has 1 atom stereocenters. The third-order valence-electron chi connectivity index (χ3n) is 3.67. The molecule has 0 aliphatic carbocycles. The zero-order valence-electron chi connectivity index (χ0n) is 15.7. The second-order valence-electron chi connectivity index (χ2n) is 6.22. The van der Waals surface area contributed by atoms with Crippen LogP contribution in [0.1, 0.15) is 18.6 Å². The number of carbonyl (C=O) groups excluding carboxylic acids is 1. The predicted molar refractivity (Wildman–Crippen MR) is 108 cm³/mol. The summed E-state index contributed by atoms with van der Waals surface area (Å²) in [5.74, 6) is -0.532. The summed E-state index contributed by atoms with van der Waals surface area (Å²) in [5.41, 5.74) is 1.27. The Labute approximate surface area is 165 Å². The highest BCUT2D eigenvalue weighted by atomic mass is 32.2. The van der Waals surface area contributed by atoms with E-state index in [1.807, 2.05) is 0 Å². The molecule has 0 saturated heterocycles. The fraction of sp³-hybridized carbons (Fsp3) is 0.278. The lowest BCUT2D eigenvalue weighted by atomic mass is 10.1. The Morgan fingerprint density at radius 1 is 1.00 bits per heavy atom. The second kappa shape index (κ2) is 8.61. The van der Waals surface area contributed by atoms with Crippen molar-refractivity contribution in [2.45, 2.75) is 13.0 Å². The topological polar surface area (TPSA) is 110 Å². The van der Waals surface area contributed by atoms with Crippen LogP contribution in [-0.4, -0.2) is 41.9 Å². The highest BCUT2D eigenvalue weighted by molar-refractivity contribution is 7.92. The first-order chi connectivity index (χ1) is 13.0. The molecular weight excluding hydrogens is 404 g/mol. The molecule has 0 amide bonds. The van der Waals surface area contributed by atoms with Crippen molar-refractivity contribution < 1.29 is 26.4 Å². The summed E-state index contributed by atoms with van der Waals surface area (Å²) >= 11 is 0. The number of carbonyl (C=O) groups is 1. The molecule has 0 unspecified atom stereocenters. The van der Waals surface area contributed by atoms with Gasteiger partial charge in [0.05, 0.1) is 24.7 Å². The Morgan fingerprint density at radius 2 is 1.57 bits per heavy atom. The number of hydrogen-bond acceptors (Lipinski definition) is 6. The maximum absolute atomic E-state index is 12.4. The molecule has 0 bridgehead atoms. The third kappa shape index (κ3) is 6.54. The van der Waals surface area contributed by atoms with E-state index in [1.165, 1.54) is 31.2 Å². The summed E-state index contributed by atoms with van der Waals surface area (Å²) in [4.78, 5) is 11.5. The van der Waals surface area contributed by atoms with E-state index in [9.17, 15) is 21.6 Å². The minimum absolute atomic E-state index is 0.124. The number of rotatable bonds is 8. The van der Waals surface area contributed by atoms with Gasteiger partial charge in [0.25, 0.3) is 0 Å². The Bertz CT molecular complexity index is 1020. The quantitative estimate of drug-likeness (QED) is 0.648. The average Bonchev–Trinajstić information content (AvgIpc) is 2.57. The van der Waals surface area contributed by atoms with E-state index in [2.05, 4.69) is 4.72 Å². The average molecular weight is 427 g/mol. The summed E-state index contributed by atoms with van der Waals surface area (Å²) in [6, 6.07) is 14.7. The van der Waals surface area contributed by atoms with Crippen LogP contribution in [0.5, 0.6) is 0 Å². The minimum Gasteiger partial charge on any atom is -0.456 e. The van der Waals surface area contributed by atoms with E-state index >= 15 is 0 Å². The van der Waals surface area contributed by atoms with Gasteiger partial charge in [0, 0.05) is 12.6 Å². The van der Waals surface area contributed by atoms with Gasteiger partial charge in [0.1, 0.15) is 6.10 Å². The first-order valence-electron chi connectivity index (χ1n) is 8.23. The first kappa shape index (κ1) is 21.7. The standard InChI is InChI=1S/C18H22N2O6S2/c1-14(21)26-18(15-7-5-4-6-8-15)13-20(28(3,24)25)17-11-9-16(10-12-17)19-27(2,22)23/h4-12,18-19H,13H2,1-3H3/t18-/m1/s1. The molecule has 10 heteroatoms. The molecule has 8 nitrogen and oxygen atoms in total. The molecule has 2 aromatic rings.